The number of rotatable bonds is 6. The van der Waals surface area contributed by atoms with Crippen LogP contribution in [0, 0.1) is 0 Å². The van der Waals surface area contributed by atoms with Gasteiger partial charge in [0.15, 0.2) is 5.84 Å². The molecule has 6 heteroatoms. The zero-order chi connectivity index (χ0) is 12.7. The standard InChI is InChI=1S/C11H18N4O2/c1-15(7-4-8-17-2)10-6-3-5-9(13-10)11(12)14-16/h3,5-6,16H,4,7-8H2,1-2H3,(H2,12,14). The number of amidine groups is 1. The number of hydrogen-bond donors (Lipinski definition) is 2. The van der Waals surface area contributed by atoms with Crippen molar-refractivity contribution in [1.82, 2.24) is 4.98 Å². The van der Waals surface area contributed by atoms with E-state index in [1.165, 1.54) is 0 Å². The Morgan fingerprint density at radius 2 is 2.35 bits per heavy atom. The molecule has 17 heavy (non-hydrogen) atoms. The maximum absolute atomic E-state index is 8.58. The van der Waals surface area contributed by atoms with Crippen LogP contribution >= 0.6 is 0 Å². The Morgan fingerprint density at radius 1 is 1.59 bits per heavy atom. The van der Waals surface area contributed by atoms with Crippen LogP contribution in [0.3, 0.4) is 0 Å². The summed E-state index contributed by atoms with van der Waals surface area (Å²) in [5.41, 5.74) is 5.95. The largest absolute Gasteiger partial charge is 0.409 e. The molecule has 1 heterocycles. The Hall–Kier alpha value is -1.82. The third-order valence-electron chi connectivity index (χ3n) is 2.34. The Labute approximate surface area is 101 Å². The minimum atomic E-state index is 0.0112. The smallest absolute Gasteiger partial charge is 0.188 e. The molecule has 0 bridgehead atoms. The molecule has 94 valence electrons. The average molecular weight is 238 g/mol. The summed E-state index contributed by atoms with van der Waals surface area (Å²) in [5, 5.41) is 11.5. The normalized spacial score (nSPS) is 11.5. The Morgan fingerprint density at radius 3 is 3.00 bits per heavy atom. The van der Waals surface area contributed by atoms with Crippen molar-refractivity contribution in [3.63, 3.8) is 0 Å². The van der Waals surface area contributed by atoms with Gasteiger partial charge in [-0.2, -0.15) is 0 Å². The third-order valence-corrected chi connectivity index (χ3v) is 2.34. The van der Waals surface area contributed by atoms with E-state index in [0.29, 0.717) is 12.3 Å². The zero-order valence-corrected chi connectivity index (χ0v) is 10.1. The molecular weight excluding hydrogens is 220 g/mol. The monoisotopic (exact) mass is 238 g/mol. The molecule has 0 saturated heterocycles. The summed E-state index contributed by atoms with van der Waals surface area (Å²) in [6, 6.07) is 5.39. The molecule has 0 amide bonds. The molecular formula is C11H18N4O2. The second kappa shape index (κ2) is 6.70. The summed E-state index contributed by atoms with van der Waals surface area (Å²) in [6.07, 6.45) is 0.919. The highest BCUT2D eigenvalue weighted by Crippen LogP contribution is 2.09. The van der Waals surface area contributed by atoms with Gasteiger partial charge in [-0.3, -0.25) is 0 Å². The van der Waals surface area contributed by atoms with Gasteiger partial charge in [0.05, 0.1) is 0 Å². The molecule has 1 aromatic heterocycles. The minimum Gasteiger partial charge on any atom is -0.409 e. The van der Waals surface area contributed by atoms with E-state index in [1.807, 2.05) is 24.1 Å². The van der Waals surface area contributed by atoms with Crippen LogP contribution in [0.2, 0.25) is 0 Å². The summed E-state index contributed by atoms with van der Waals surface area (Å²) < 4.78 is 4.99. The first-order valence-corrected chi connectivity index (χ1v) is 5.34. The molecule has 1 rings (SSSR count). The van der Waals surface area contributed by atoms with E-state index in [0.717, 1.165) is 18.8 Å². The van der Waals surface area contributed by atoms with Crippen LogP contribution in [0.1, 0.15) is 12.1 Å². The number of hydrogen-bond acceptors (Lipinski definition) is 5. The van der Waals surface area contributed by atoms with Gasteiger partial charge in [-0.15, -0.1) is 0 Å². The van der Waals surface area contributed by atoms with Crippen LogP contribution in [0.15, 0.2) is 23.4 Å². The number of pyridine rings is 1. The van der Waals surface area contributed by atoms with E-state index in [4.69, 9.17) is 15.7 Å². The first-order valence-electron chi connectivity index (χ1n) is 5.34. The average Bonchev–Trinajstić information content (AvgIpc) is 2.38. The molecule has 0 aliphatic rings. The van der Waals surface area contributed by atoms with E-state index < -0.39 is 0 Å². The van der Waals surface area contributed by atoms with Gasteiger partial charge in [-0.05, 0) is 18.6 Å². The quantitative estimate of drug-likeness (QED) is 0.250. The van der Waals surface area contributed by atoms with Crippen molar-refractivity contribution < 1.29 is 9.94 Å². The molecule has 0 aliphatic carbocycles. The van der Waals surface area contributed by atoms with E-state index in [-0.39, 0.29) is 5.84 Å². The Bertz CT molecular complexity index is 381. The fourth-order valence-corrected chi connectivity index (χ4v) is 1.39. The van der Waals surface area contributed by atoms with Crippen LogP contribution in [0.25, 0.3) is 0 Å². The molecule has 0 atom stereocenters. The van der Waals surface area contributed by atoms with Gasteiger partial charge in [0.2, 0.25) is 0 Å². The number of methoxy groups -OCH3 is 1. The van der Waals surface area contributed by atoms with Crippen molar-refractivity contribution in [2.45, 2.75) is 6.42 Å². The molecule has 0 spiro atoms. The van der Waals surface area contributed by atoms with Gasteiger partial charge in [-0.1, -0.05) is 11.2 Å². The molecule has 0 radical (unpaired) electrons. The maximum atomic E-state index is 8.58. The van der Waals surface area contributed by atoms with Crippen molar-refractivity contribution in [3.8, 4) is 0 Å². The first kappa shape index (κ1) is 13.2. The predicted molar refractivity (Wildman–Crippen MR) is 66.5 cm³/mol. The molecule has 1 aromatic rings. The van der Waals surface area contributed by atoms with Crippen molar-refractivity contribution in [2.75, 3.05) is 32.2 Å². The lowest BCUT2D eigenvalue weighted by Gasteiger charge is -2.18. The SMILES string of the molecule is COCCCN(C)c1cccc(C(N)=NO)n1. The van der Waals surface area contributed by atoms with Crippen molar-refractivity contribution >= 4 is 11.7 Å². The first-order chi connectivity index (χ1) is 8.19. The highest BCUT2D eigenvalue weighted by atomic mass is 16.5. The molecule has 0 fully saturated rings. The highest BCUT2D eigenvalue weighted by molar-refractivity contribution is 5.95. The van der Waals surface area contributed by atoms with Crippen LogP contribution in [0.5, 0.6) is 0 Å². The fraction of sp³-hybridized carbons (Fsp3) is 0.455. The van der Waals surface area contributed by atoms with Crippen LogP contribution in [-0.4, -0.2) is 43.3 Å². The molecule has 0 unspecified atom stereocenters. The predicted octanol–water partition coefficient (Wildman–Crippen LogP) is 0.649. The second-order valence-electron chi connectivity index (χ2n) is 3.63. The number of aromatic nitrogens is 1. The molecule has 0 saturated carbocycles. The number of anilines is 1. The van der Waals surface area contributed by atoms with E-state index >= 15 is 0 Å². The molecule has 0 aromatic carbocycles. The van der Waals surface area contributed by atoms with Crippen molar-refractivity contribution in [2.24, 2.45) is 10.9 Å². The Balaban J connectivity index is 2.70. The summed E-state index contributed by atoms with van der Waals surface area (Å²) in [4.78, 5) is 6.28. The lowest BCUT2D eigenvalue weighted by atomic mass is 10.3. The Kier molecular flexibility index (Phi) is 5.22. The van der Waals surface area contributed by atoms with Gasteiger partial charge in [0.1, 0.15) is 11.5 Å². The summed E-state index contributed by atoms with van der Waals surface area (Å²) in [6.45, 7) is 1.55. The molecule has 3 N–H and O–H groups in total. The van der Waals surface area contributed by atoms with Gasteiger partial charge in [0, 0.05) is 27.3 Å². The number of nitrogens with two attached hydrogens (primary N) is 1. The van der Waals surface area contributed by atoms with E-state index in [1.54, 1.807) is 13.2 Å². The third kappa shape index (κ3) is 3.92. The minimum absolute atomic E-state index is 0.0112. The van der Waals surface area contributed by atoms with E-state index in [9.17, 15) is 0 Å². The van der Waals surface area contributed by atoms with Gasteiger partial charge in [0.25, 0.3) is 0 Å². The number of ether oxygens (including phenoxy) is 1. The van der Waals surface area contributed by atoms with Crippen LogP contribution in [0.4, 0.5) is 5.82 Å². The summed E-state index contributed by atoms with van der Waals surface area (Å²) >= 11 is 0. The topological polar surface area (TPSA) is 84.0 Å². The number of oxime groups is 1. The number of nitrogens with zero attached hydrogens (tertiary/aromatic N) is 3. The molecule has 6 nitrogen and oxygen atoms in total. The van der Waals surface area contributed by atoms with Crippen LogP contribution < -0.4 is 10.6 Å². The summed E-state index contributed by atoms with van der Waals surface area (Å²) in [7, 11) is 3.62. The lowest BCUT2D eigenvalue weighted by Crippen LogP contribution is -2.22. The van der Waals surface area contributed by atoms with Crippen LogP contribution in [-0.2, 0) is 4.74 Å². The van der Waals surface area contributed by atoms with Gasteiger partial charge < -0.3 is 20.6 Å². The second-order valence-corrected chi connectivity index (χ2v) is 3.63. The lowest BCUT2D eigenvalue weighted by molar-refractivity contribution is 0.196. The van der Waals surface area contributed by atoms with Crippen molar-refractivity contribution in [3.05, 3.63) is 23.9 Å². The zero-order valence-electron chi connectivity index (χ0n) is 10.1. The fourth-order valence-electron chi connectivity index (χ4n) is 1.39. The van der Waals surface area contributed by atoms with E-state index in [2.05, 4.69) is 10.1 Å². The van der Waals surface area contributed by atoms with Gasteiger partial charge in [-0.25, -0.2) is 4.98 Å². The van der Waals surface area contributed by atoms with Crippen molar-refractivity contribution in [1.29, 1.82) is 0 Å². The maximum Gasteiger partial charge on any atom is 0.188 e. The highest BCUT2D eigenvalue weighted by Gasteiger charge is 2.05. The molecule has 0 aliphatic heterocycles. The van der Waals surface area contributed by atoms with Gasteiger partial charge >= 0.3 is 0 Å². The summed E-state index contributed by atoms with van der Waals surface area (Å²) in [5.74, 6) is 0.794.